The summed E-state index contributed by atoms with van der Waals surface area (Å²) in [5, 5.41) is 13.3. The number of nitro groups is 1. The van der Waals surface area contributed by atoms with Gasteiger partial charge in [0.15, 0.2) is 0 Å². The number of nitro benzene ring substituents is 1. The maximum absolute atomic E-state index is 12.1. The van der Waals surface area contributed by atoms with E-state index in [2.05, 4.69) is 10.3 Å². The Morgan fingerprint density at radius 2 is 1.95 bits per heavy atom. The highest BCUT2D eigenvalue weighted by molar-refractivity contribution is 6.43. The lowest BCUT2D eigenvalue weighted by Crippen LogP contribution is -2.13. The first kappa shape index (κ1) is 15.5. The number of anilines is 1. The standard InChI is InChI=1S/C12H6Cl3N3O3/c13-7-1-2-16-5-9(7)17-12(19)6-3-8(14)11(15)10(4-6)18(20)21/h1-5H,(H,17,19). The number of amides is 1. The molecule has 2 rings (SSSR count). The Hall–Kier alpha value is -1.89. The molecule has 0 bridgehead atoms. The summed E-state index contributed by atoms with van der Waals surface area (Å²) in [6.07, 6.45) is 2.81. The number of hydrogen-bond donors (Lipinski definition) is 1. The summed E-state index contributed by atoms with van der Waals surface area (Å²) >= 11 is 17.4. The normalized spacial score (nSPS) is 10.2. The lowest BCUT2D eigenvalue weighted by atomic mass is 10.2. The Morgan fingerprint density at radius 3 is 2.57 bits per heavy atom. The maximum Gasteiger partial charge on any atom is 0.290 e. The van der Waals surface area contributed by atoms with Crippen molar-refractivity contribution in [1.82, 2.24) is 4.98 Å². The maximum atomic E-state index is 12.1. The van der Waals surface area contributed by atoms with Gasteiger partial charge in [-0.2, -0.15) is 0 Å². The SMILES string of the molecule is O=C(Nc1cnccc1Cl)c1cc(Cl)c(Cl)c([N+](=O)[O-])c1. The van der Waals surface area contributed by atoms with Crippen LogP contribution in [0.1, 0.15) is 10.4 Å². The molecule has 0 atom stereocenters. The Bertz CT molecular complexity index is 737. The first-order valence-electron chi connectivity index (χ1n) is 5.44. The largest absolute Gasteiger partial charge is 0.319 e. The predicted molar refractivity (Wildman–Crippen MR) is 80.3 cm³/mol. The minimum absolute atomic E-state index is 0.0176. The number of nitrogens with one attached hydrogen (secondary N) is 1. The monoisotopic (exact) mass is 345 g/mol. The Kier molecular flexibility index (Phi) is 4.62. The number of aromatic nitrogens is 1. The van der Waals surface area contributed by atoms with Crippen LogP contribution in [0.3, 0.4) is 0 Å². The number of nitrogens with zero attached hydrogens (tertiary/aromatic N) is 2. The van der Waals surface area contributed by atoms with E-state index in [1.54, 1.807) is 0 Å². The second-order valence-corrected chi connectivity index (χ2v) is 5.05. The zero-order valence-electron chi connectivity index (χ0n) is 10.1. The average Bonchev–Trinajstić information content (AvgIpc) is 2.43. The Balaban J connectivity index is 2.36. The van der Waals surface area contributed by atoms with Crippen molar-refractivity contribution in [2.75, 3.05) is 5.32 Å². The van der Waals surface area contributed by atoms with Crippen molar-refractivity contribution in [2.45, 2.75) is 0 Å². The van der Waals surface area contributed by atoms with Crippen molar-refractivity contribution < 1.29 is 9.72 Å². The number of benzene rings is 1. The molecule has 2 aromatic rings. The van der Waals surface area contributed by atoms with Crippen molar-refractivity contribution in [3.8, 4) is 0 Å². The molecule has 0 radical (unpaired) electrons. The molecule has 6 nitrogen and oxygen atoms in total. The molecule has 0 spiro atoms. The van der Waals surface area contributed by atoms with Gasteiger partial charge in [0.05, 0.1) is 26.9 Å². The number of carbonyl (C=O) groups excluding carboxylic acids is 1. The van der Waals surface area contributed by atoms with Gasteiger partial charge in [-0.1, -0.05) is 34.8 Å². The summed E-state index contributed by atoms with van der Waals surface area (Å²) in [7, 11) is 0. The molecule has 0 saturated heterocycles. The predicted octanol–water partition coefficient (Wildman–Crippen LogP) is 4.20. The van der Waals surface area contributed by atoms with E-state index in [0.717, 1.165) is 6.07 Å². The van der Waals surface area contributed by atoms with Gasteiger partial charge in [-0.25, -0.2) is 0 Å². The number of pyridine rings is 1. The highest BCUT2D eigenvalue weighted by atomic mass is 35.5. The van der Waals surface area contributed by atoms with Crippen LogP contribution in [0.4, 0.5) is 11.4 Å². The minimum atomic E-state index is -0.720. The molecule has 1 N–H and O–H groups in total. The number of hydrogen-bond acceptors (Lipinski definition) is 4. The topological polar surface area (TPSA) is 85.1 Å². The molecule has 1 heterocycles. The molecule has 0 unspecified atom stereocenters. The summed E-state index contributed by atoms with van der Waals surface area (Å²) in [6, 6.07) is 3.76. The molecule has 1 aromatic heterocycles. The third kappa shape index (κ3) is 3.41. The Morgan fingerprint density at radius 1 is 1.24 bits per heavy atom. The molecule has 0 saturated carbocycles. The molecule has 1 aromatic carbocycles. The van der Waals surface area contributed by atoms with E-state index in [1.165, 1.54) is 24.5 Å². The quantitative estimate of drug-likeness (QED) is 0.666. The van der Waals surface area contributed by atoms with Crippen LogP contribution in [0.5, 0.6) is 0 Å². The second kappa shape index (κ2) is 6.26. The Labute approximate surface area is 133 Å². The van der Waals surface area contributed by atoms with Gasteiger partial charge >= 0.3 is 0 Å². The van der Waals surface area contributed by atoms with E-state index in [0.29, 0.717) is 0 Å². The van der Waals surface area contributed by atoms with E-state index in [9.17, 15) is 14.9 Å². The molecule has 0 aliphatic carbocycles. The molecule has 1 amide bonds. The van der Waals surface area contributed by atoms with Gasteiger partial charge in [0.2, 0.25) is 0 Å². The summed E-state index contributed by atoms with van der Waals surface area (Å²) < 4.78 is 0. The molecule has 21 heavy (non-hydrogen) atoms. The van der Waals surface area contributed by atoms with E-state index < -0.39 is 16.5 Å². The van der Waals surface area contributed by atoms with Crippen LogP contribution in [0.2, 0.25) is 15.1 Å². The highest BCUT2D eigenvalue weighted by Gasteiger charge is 2.20. The van der Waals surface area contributed by atoms with Gasteiger partial charge in [0.1, 0.15) is 5.02 Å². The molecule has 9 heteroatoms. The van der Waals surface area contributed by atoms with Crippen molar-refractivity contribution in [3.63, 3.8) is 0 Å². The van der Waals surface area contributed by atoms with Crippen LogP contribution in [-0.2, 0) is 0 Å². The first-order valence-corrected chi connectivity index (χ1v) is 6.58. The molecule has 0 aliphatic rings. The van der Waals surface area contributed by atoms with Gasteiger partial charge in [0.25, 0.3) is 11.6 Å². The zero-order chi connectivity index (χ0) is 15.6. The lowest BCUT2D eigenvalue weighted by Gasteiger charge is -2.07. The van der Waals surface area contributed by atoms with Crippen molar-refractivity contribution >= 4 is 52.1 Å². The van der Waals surface area contributed by atoms with Crippen LogP contribution in [0.25, 0.3) is 0 Å². The van der Waals surface area contributed by atoms with Gasteiger partial charge in [-0.3, -0.25) is 19.9 Å². The highest BCUT2D eigenvalue weighted by Crippen LogP contribution is 2.33. The summed E-state index contributed by atoms with van der Waals surface area (Å²) in [5.41, 5.74) is -0.194. The molecular weight excluding hydrogens is 341 g/mol. The van der Waals surface area contributed by atoms with E-state index >= 15 is 0 Å². The fourth-order valence-electron chi connectivity index (χ4n) is 1.50. The molecule has 0 aliphatic heterocycles. The van der Waals surface area contributed by atoms with Crippen LogP contribution < -0.4 is 5.32 Å². The second-order valence-electron chi connectivity index (χ2n) is 3.86. The van der Waals surface area contributed by atoms with Crippen molar-refractivity contribution in [1.29, 1.82) is 0 Å². The summed E-state index contributed by atoms with van der Waals surface area (Å²) in [6.45, 7) is 0. The van der Waals surface area contributed by atoms with Crippen LogP contribution >= 0.6 is 34.8 Å². The number of halogens is 3. The average molecular weight is 347 g/mol. The molecule has 108 valence electrons. The van der Waals surface area contributed by atoms with Crippen molar-refractivity contribution in [3.05, 3.63) is 61.3 Å². The van der Waals surface area contributed by atoms with E-state index in [1.807, 2.05) is 0 Å². The van der Waals surface area contributed by atoms with Crippen LogP contribution in [0, 0.1) is 10.1 Å². The van der Waals surface area contributed by atoms with Gasteiger partial charge in [0, 0.05) is 17.8 Å². The third-order valence-corrected chi connectivity index (χ3v) is 3.61. The third-order valence-electron chi connectivity index (χ3n) is 2.48. The molecule has 0 fully saturated rings. The fraction of sp³-hybridized carbons (Fsp3) is 0. The summed E-state index contributed by atoms with van der Waals surface area (Å²) in [5.74, 6) is -0.619. The van der Waals surface area contributed by atoms with Gasteiger partial charge in [-0.05, 0) is 12.1 Å². The van der Waals surface area contributed by atoms with Gasteiger partial charge < -0.3 is 5.32 Å². The summed E-state index contributed by atoms with van der Waals surface area (Å²) in [4.78, 5) is 26.0. The van der Waals surface area contributed by atoms with Gasteiger partial charge in [-0.15, -0.1) is 0 Å². The number of carbonyl (C=O) groups is 1. The smallest absolute Gasteiger partial charge is 0.290 e. The fourth-order valence-corrected chi connectivity index (χ4v) is 2.05. The first-order chi connectivity index (χ1) is 9.90. The minimum Gasteiger partial charge on any atom is -0.319 e. The van der Waals surface area contributed by atoms with E-state index in [4.69, 9.17) is 34.8 Å². The zero-order valence-corrected chi connectivity index (χ0v) is 12.4. The van der Waals surface area contributed by atoms with Crippen LogP contribution in [-0.4, -0.2) is 15.8 Å². The van der Waals surface area contributed by atoms with Crippen LogP contribution in [0.15, 0.2) is 30.6 Å². The van der Waals surface area contributed by atoms with Crippen molar-refractivity contribution in [2.24, 2.45) is 0 Å². The lowest BCUT2D eigenvalue weighted by molar-refractivity contribution is -0.384. The number of rotatable bonds is 3. The molecular formula is C12H6Cl3N3O3. The van der Waals surface area contributed by atoms with E-state index in [-0.39, 0.29) is 26.3 Å².